The number of rotatable bonds is 1. The quantitative estimate of drug-likeness (QED) is 0.670. The largest absolute Gasteiger partial charge is 0.478 e. The summed E-state index contributed by atoms with van der Waals surface area (Å²) in [4.78, 5) is 9.60. The molecule has 0 bridgehead atoms. The van der Waals surface area contributed by atoms with E-state index < -0.39 is 5.97 Å². The molecular weight excluding hydrogens is 370 g/mol. The second kappa shape index (κ2) is 22.5. The van der Waals surface area contributed by atoms with Crippen LogP contribution in [0.1, 0.15) is 21.8 Å². The number of carboxylic acids is 1. The van der Waals surface area contributed by atoms with Gasteiger partial charge in [-0.25, -0.2) is 4.79 Å². The van der Waals surface area contributed by atoms with Crippen molar-refractivity contribution in [2.24, 2.45) is 0 Å². The molecule has 0 aliphatic carbocycles. The minimum absolute atomic E-state index is 0. The van der Waals surface area contributed by atoms with Crippen LogP contribution in [0, 0.1) is 31.1 Å². The van der Waals surface area contributed by atoms with Crippen molar-refractivity contribution in [3.63, 3.8) is 0 Å². The molecule has 0 aliphatic rings. The monoisotopic (exact) mass is 388 g/mol. The zero-order valence-corrected chi connectivity index (χ0v) is 9.67. The fourth-order valence-electron chi connectivity index (χ4n) is 0. The molecule has 0 aromatic rings. The molecule has 0 saturated heterocycles. The molecule has 0 fully saturated rings. The van der Waals surface area contributed by atoms with Crippen LogP contribution in [0.5, 0.6) is 0 Å². The van der Waals surface area contributed by atoms with E-state index in [9.17, 15) is 4.79 Å². The molecule has 0 aliphatic heterocycles. The smallest absolute Gasteiger partial charge is 0.330 e. The first kappa shape index (κ1) is 30.3. The average molecular weight is 388 g/mol. The van der Waals surface area contributed by atoms with Crippen LogP contribution in [-0.2, 0) is 4.79 Å². The molecule has 0 aromatic heterocycles. The Morgan fingerprint density at radius 2 is 1.36 bits per heavy atom. The van der Waals surface area contributed by atoms with Crippen molar-refractivity contribution in [3.8, 4) is 0 Å². The summed E-state index contributed by atoms with van der Waals surface area (Å²) < 4.78 is 0. The minimum atomic E-state index is -0.935. The van der Waals surface area contributed by atoms with Gasteiger partial charge in [0, 0.05) is 43.8 Å². The standard InChI is InChI=1S/C4H6O2.CH4O.2CH4.U/c1-3(2)4(5)6;1-2;;;/h1H2,2H3,(H,5,6);2H,1H3;2*1H4;. The third-order valence-corrected chi connectivity index (χ3v) is 0.365. The molecule has 3 nitrogen and oxygen atoms in total. The van der Waals surface area contributed by atoms with Crippen LogP contribution in [0.25, 0.3) is 0 Å². The summed E-state index contributed by atoms with van der Waals surface area (Å²) in [5, 5.41) is 14.9. The maximum absolute atomic E-state index is 9.60. The summed E-state index contributed by atoms with van der Waals surface area (Å²) in [5.74, 6) is -0.935. The molecule has 0 heterocycles. The SMILES string of the molecule is C.C.C=C(C)C(=O)O.CO.[U]. The summed E-state index contributed by atoms with van der Waals surface area (Å²) in [6.45, 7) is 4.60. The van der Waals surface area contributed by atoms with E-state index in [-0.39, 0.29) is 51.5 Å². The summed E-state index contributed by atoms with van der Waals surface area (Å²) in [6.07, 6.45) is 0. The Bertz CT molecular complexity index is 79.7. The van der Waals surface area contributed by atoms with Crippen LogP contribution in [0.4, 0.5) is 0 Å². The molecule has 0 radical (unpaired) electrons. The third-order valence-electron chi connectivity index (χ3n) is 0.365. The van der Waals surface area contributed by atoms with E-state index in [2.05, 4.69) is 6.58 Å². The van der Waals surface area contributed by atoms with Gasteiger partial charge in [0.25, 0.3) is 0 Å². The van der Waals surface area contributed by atoms with Crippen LogP contribution < -0.4 is 0 Å². The van der Waals surface area contributed by atoms with Crippen molar-refractivity contribution >= 4 is 5.97 Å². The molecule has 0 spiro atoms. The van der Waals surface area contributed by atoms with Crippen molar-refractivity contribution in [2.45, 2.75) is 21.8 Å². The first-order valence-corrected chi connectivity index (χ1v) is 1.98. The van der Waals surface area contributed by atoms with E-state index in [1.807, 2.05) is 0 Å². The molecule has 11 heavy (non-hydrogen) atoms. The van der Waals surface area contributed by atoms with Crippen molar-refractivity contribution in [3.05, 3.63) is 12.2 Å². The van der Waals surface area contributed by atoms with E-state index in [0.717, 1.165) is 7.11 Å². The van der Waals surface area contributed by atoms with Crippen LogP contribution in [0.3, 0.4) is 0 Å². The van der Waals surface area contributed by atoms with Gasteiger partial charge in [0.15, 0.2) is 0 Å². The average Bonchev–Trinajstić information content (AvgIpc) is 1.72. The molecule has 0 amide bonds. The Morgan fingerprint density at radius 3 is 1.36 bits per heavy atom. The van der Waals surface area contributed by atoms with Gasteiger partial charge in [0.05, 0.1) is 0 Å². The van der Waals surface area contributed by atoms with Crippen molar-refractivity contribution in [2.75, 3.05) is 7.11 Å². The fourth-order valence-corrected chi connectivity index (χ4v) is 0. The second-order valence-corrected chi connectivity index (χ2v) is 1.09. The Kier molecular flexibility index (Phi) is 61.8. The van der Waals surface area contributed by atoms with E-state index in [4.69, 9.17) is 10.2 Å². The number of hydrogen-bond donors (Lipinski definition) is 2. The number of hydrogen-bond acceptors (Lipinski definition) is 2. The fraction of sp³-hybridized carbons (Fsp3) is 0.571. The Hall–Kier alpha value is 0.222. The van der Waals surface area contributed by atoms with E-state index >= 15 is 0 Å². The van der Waals surface area contributed by atoms with Crippen molar-refractivity contribution in [1.82, 2.24) is 0 Å². The van der Waals surface area contributed by atoms with Crippen LogP contribution in [0.15, 0.2) is 12.2 Å². The van der Waals surface area contributed by atoms with Gasteiger partial charge >= 0.3 is 5.97 Å². The van der Waals surface area contributed by atoms with Crippen LogP contribution in [-0.4, -0.2) is 23.3 Å². The molecular formula is C7H18O3U. The third kappa shape index (κ3) is 38.8. The maximum atomic E-state index is 9.60. The Balaban J connectivity index is -0.0000000222. The number of aliphatic carboxylic acids is 1. The number of aliphatic hydroxyl groups excluding tert-OH is 1. The van der Waals surface area contributed by atoms with Gasteiger partial charge in [-0.05, 0) is 6.92 Å². The zero-order chi connectivity index (χ0) is 7.15. The van der Waals surface area contributed by atoms with Crippen molar-refractivity contribution in [1.29, 1.82) is 0 Å². The van der Waals surface area contributed by atoms with Gasteiger partial charge < -0.3 is 10.2 Å². The molecule has 68 valence electrons. The Morgan fingerprint density at radius 1 is 1.27 bits per heavy atom. The van der Waals surface area contributed by atoms with E-state index in [1.54, 1.807) is 0 Å². The van der Waals surface area contributed by atoms with E-state index in [1.165, 1.54) is 6.92 Å². The van der Waals surface area contributed by atoms with Gasteiger partial charge in [-0.3, -0.25) is 0 Å². The molecule has 0 rings (SSSR count). The molecule has 4 heteroatoms. The summed E-state index contributed by atoms with van der Waals surface area (Å²) in [7, 11) is 1.00. The molecule has 0 unspecified atom stereocenters. The molecule has 0 saturated carbocycles. The molecule has 2 N–H and O–H groups in total. The summed E-state index contributed by atoms with van der Waals surface area (Å²) in [5.41, 5.74) is 0.176. The Labute approximate surface area is 92.9 Å². The topological polar surface area (TPSA) is 57.5 Å². The van der Waals surface area contributed by atoms with E-state index in [0.29, 0.717) is 0 Å². The number of aliphatic hydroxyl groups is 1. The maximum Gasteiger partial charge on any atom is 0.330 e. The zero-order valence-electron chi connectivity index (χ0n) is 5.51. The van der Waals surface area contributed by atoms with Gasteiger partial charge in [-0.1, -0.05) is 21.4 Å². The first-order chi connectivity index (χ1) is 3.64. The van der Waals surface area contributed by atoms with Gasteiger partial charge in [0.2, 0.25) is 0 Å². The first-order valence-electron chi connectivity index (χ1n) is 1.98. The predicted molar refractivity (Wildman–Crippen MR) is 44.1 cm³/mol. The summed E-state index contributed by atoms with van der Waals surface area (Å²) >= 11 is 0. The van der Waals surface area contributed by atoms with Crippen molar-refractivity contribution < 1.29 is 46.1 Å². The molecule has 0 aromatic carbocycles. The normalized spacial score (nSPS) is 4.64. The van der Waals surface area contributed by atoms with Gasteiger partial charge in [0.1, 0.15) is 0 Å². The van der Waals surface area contributed by atoms with Gasteiger partial charge in [-0.2, -0.15) is 0 Å². The number of carbonyl (C=O) groups is 1. The van der Waals surface area contributed by atoms with Gasteiger partial charge in [-0.15, -0.1) is 0 Å². The van der Waals surface area contributed by atoms with Crippen LogP contribution >= 0.6 is 0 Å². The summed E-state index contributed by atoms with van der Waals surface area (Å²) in [6, 6.07) is 0. The second-order valence-electron chi connectivity index (χ2n) is 1.09. The predicted octanol–water partition coefficient (Wildman–Crippen LogP) is 1.53. The number of carboxylic acid groups (broad SMARTS) is 1. The minimum Gasteiger partial charge on any atom is -0.478 e. The van der Waals surface area contributed by atoms with Crippen LogP contribution in [0.2, 0.25) is 0 Å². The molecule has 0 atom stereocenters.